The number of aliphatic hydroxyl groups is 4. The summed E-state index contributed by atoms with van der Waals surface area (Å²) in [5, 5.41) is 54.8. The van der Waals surface area contributed by atoms with Gasteiger partial charge in [-0.3, -0.25) is 0 Å². The molecular weight excluding hydrogens is 434 g/mol. The number of carboxylic acids is 1. The van der Waals surface area contributed by atoms with Crippen LogP contribution in [0.4, 0.5) is 5.69 Å². The maximum absolute atomic E-state index is 11.2. The van der Waals surface area contributed by atoms with Crippen molar-refractivity contribution in [3.05, 3.63) is 65.4 Å². The average molecular weight is 459 g/mol. The third-order valence-electron chi connectivity index (χ3n) is 5.17. The Morgan fingerprint density at radius 1 is 1.15 bits per heavy atom. The molecule has 2 aromatic rings. The van der Waals surface area contributed by atoms with Crippen molar-refractivity contribution in [3.63, 3.8) is 0 Å². The Bertz CT molecular complexity index is 1040. The lowest BCUT2D eigenvalue weighted by atomic mass is 9.99. The van der Waals surface area contributed by atoms with Crippen LogP contribution in [0.1, 0.15) is 21.5 Å². The molecule has 0 saturated carbocycles. The molecule has 0 aromatic heterocycles. The van der Waals surface area contributed by atoms with Crippen molar-refractivity contribution in [1.82, 2.24) is 0 Å². The van der Waals surface area contributed by atoms with Gasteiger partial charge in [-0.05, 0) is 42.8 Å². The van der Waals surface area contributed by atoms with E-state index in [0.717, 1.165) is 0 Å². The lowest BCUT2D eigenvalue weighted by molar-refractivity contribution is -0.277. The summed E-state index contributed by atoms with van der Waals surface area (Å²) in [6.45, 7) is 1.18. The molecule has 0 spiro atoms. The Hall–Kier alpha value is -3.35. The topological polar surface area (TPSA) is 185 Å². The van der Waals surface area contributed by atoms with E-state index in [-0.39, 0.29) is 11.3 Å². The number of aromatic carboxylic acids is 1. The van der Waals surface area contributed by atoms with E-state index in [4.69, 9.17) is 20.1 Å². The number of carbonyl (C=O) groups is 1. The van der Waals surface area contributed by atoms with E-state index >= 15 is 0 Å². The van der Waals surface area contributed by atoms with Crippen LogP contribution >= 0.6 is 0 Å². The number of carboxylic acid groups (broad SMARTS) is 1. The summed E-state index contributed by atoms with van der Waals surface area (Å²) in [6.07, 6.45) is -5.46. The maximum atomic E-state index is 11.2. The molecule has 2 aromatic carbocycles. The summed E-state index contributed by atoms with van der Waals surface area (Å²) < 4.78 is 11.0. The molecule has 1 heterocycles. The third-order valence-corrected chi connectivity index (χ3v) is 5.17. The predicted molar refractivity (Wildman–Crippen MR) is 116 cm³/mol. The van der Waals surface area contributed by atoms with Crippen molar-refractivity contribution < 1.29 is 39.8 Å². The maximum Gasteiger partial charge on any atom is 0.335 e. The van der Waals surface area contributed by atoms with E-state index < -0.39 is 43.3 Å². The molecule has 11 heteroatoms. The van der Waals surface area contributed by atoms with Gasteiger partial charge in [0.2, 0.25) is 6.29 Å². The molecule has 1 fully saturated rings. The molecular formula is C22H25N3O8. The molecule has 0 aliphatic carbocycles. The van der Waals surface area contributed by atoms with Gasteiger partial charge < -0.3 is 40.3 Å². The molecule has 0 bridgehead atoms. The number of aryl methyl sites for hydroxylation is 1. The first-order valence-corrected chi connectivity index (χ1v) is 10.0. The highest BCUT2D eigenvalue weighted by Crippen LogP contribution is 2.28. The molecule has 176 valence electrons. The van der Waals surface area contributed by atoms with Gasteiger partial charge in [0.1, 0.15) is 35.9 Å². The minimum Gasteiger partial charge on any atom is -0.478 e. The minimum absolute atomic E-state index is 0.0765. The Kier molecular flexibility index (Phi) is 7.74. The molecule has 1 saturated heterocycles. The predicted octanol–water partition coefficient (Wildman–Crippen LogP) is 1.31. The SMILES string of the molecule is Cc1cc(N/C=C(\N=N)c2cccc(C(=O)O)c2)ccc1OC1OC(CO)C(O)C(O)C1O. The fraction of sp³-hybridized carbons (Fsp3) is 0.318. The van der Waals surface area contributed by atoms with Crippen LogP contribution < -0.4 is 10.1 Å². The first-order valence-electron chi connectivity index (χ1n) is 10.0. The Morgan fingerprint density at radius 3 is 2.52 bits per heavy atom. The number of nitrogens with one attached hydrogen (secondary N) is 2. The van der Waals surface area contributed by atoms with Gasteiger partial charge in [-0.2, -0.15) is 5.11 Å². The van der Waals surface area contributed by atoms with Crippen LogP contribution in [0.3, 0.4) is 0 Å². The number of nitrogens with zero attached hydrogens (tertiary/aromatic N) is 1. The lowest BCUT2D eigenvalue weighted by Crippen LogP contribution is -2.60. The summed E-state index contributed by atoms with van der Waals surface area (Å²) in [5.41, 5.74) is 9.41. The highest BCUT2D eigenvalue weighted by molar-refractivity contribution is 5.88. The highest BCUT2D eigenvalue weighted by atomic mass is 16.7. The standard InChI is InChI=1S/C22H25N3O8/c1-11-7-14(24-9-15(25-23)12-3-2-4-13(8-12)21(30)31)5-6-16(11)32-22-20(29)19(28)18(27)17(10-26)33-22/h2-9,17-20,22-24,26-29H,10H2,1H3,(H,30,31)/b15-9-,25-23?. The number of hydrogen-bond donors (Lipinski definition) is 7. The van der Waals surface area contributed by atoms with Gasteiger partial charge in [0.05, 0.1) is 12.2 Å². The number of ether oxygens (including phenoxy) is 2. The second-order valence-electron chi connectivity index (χ2n) is 7.47. The molecule has 7 N–H and O–H groups in total. The zero-order chi connectivity index (χ0) is 24.1. The summed E-state index contributed by atoms with van der Waals surface area (Å²) in [4.78, 5) is 11.2. The Labute approximate surface area is 189 Å². The van der Waals surface area contributed by atoms with Gasteiger partial charge in [-0.25, -0.2) is 10.3 Å². The molecule has 0 radical (unpaired) electrons. The largest absolute Gasteiger partial charge is 0.478 e. The second-order valence-corrected chi connectivity index (χ2v) is 7.47. The minimum atomic E-state index is -1.54. The highest BCUT2D eigenvalue weighted by Gasteiger charge is 2.44. The van der Waals surface area contributed by atoms with Crippen LogP contribution in [-0.4, -0.2) is 68.8 Å². The monoisotopic (exact) mass is 459 g/mol. The molecule has 11 nitrogen and oxygen atoms in total. The number of hydrogen-bond acceptors (Lipinski definition) is 10. The van der Waals surface area contributed by atoms with E-state index in [2.05, 4.69) is 10.4 Å². The number of aliphatic hydroxyl groups excluding tert-OH is 4. The molecule has 0 amide bonds. The number of benzene rings is 2. The van der Waals surface area contributed by atoms with Gasteiger partial charge in [0.25, 0.3) is 0 Å². The van der Waals surface area contributed by atoms with E-state index in [1.165, 1.54) is 18.3 Å². The van der Waals surface area contributed by atoms with Crippen molar-refractivity contribution in [1.29, 1.82) is 5.53 Å². The van der Waals surface area contributed by atoms with Gasteiger partial charge in [0, 0.05) is 17.5 Å². The second kappa shape index (κ2) is 10.5. The van der Waals surface area contributed by atoms with Gasteiger partial charge >= 0.3 is 5.97 Å². The fourth-order valence-electron chi connectivity index (χ4n) is 3.30. The quantitative estimate of drug-likeness (QED) is 0.286. The first kappa shape index (κ1) is 24.3. The number of anilines is 1. The first-order chi connectivity index (χ1) is 15.7. The van der Waals surface area contributed by atoms with Crippen molar-refractivity contribution in [2.24, 2.45) is 5.11 Å². The third kappa shape index (κ3) is 5.53. The normalized spacial score (nSPS) is 25.4. The smallest absolute Gasteiger partial charge is 0.335 e. The van der Waals surface area contributed by atoms with Gasteiger partial charge in [-0.15, -0.1) is 0 Å². The zero-order valence-electron chi connectivity index (χ0n) is 17.6. The molecule has 1 aliphatic heterocycles. The molecule has 5 atom stereocenters. The molecule has 33 heavy (non-hydrogen) atoms. The van der Waals surface area contributed by atoms with Crippen molar-refractivity contribution in [2.75, 3.05) is 11.9 Å². The summed E-state index contributed by atoms with van der Waals surface area (Å²) in [5.74, 6) is -0.742. The number of rotatable bonds is 8. The Morgan fingerprint density at radius 2 is 1.88 bits per heavy atom. The fourth-order valence-corrected chi connectivity index (χ4v) is 3.30. The van der Waals surface area contributed by atoms with E-state index in [1.807, 2.05) is 0 Å². The Balaban J connectivity index is 1.73. The van der Waals surface area contributed by atoms with E-state index in [1.54, 1.807) is 37.3 Å². The molecule has 1 aliphatic rings. The van der Waals surface area contributed by atoms with Crippen LogP contribution in [-0.2, 0) is 4.74 Å². The van der Waals surface area contributed by atoms with Crippen molar-refractivity contribution in [3.8, 4) is 5.75 Å². The lowest BCUT2D eigenvalue weighted by Gasteiger charge is -2.39. The molecule has 3 rings (SSSR count). The van der Waals surface area contributed by atoms with Crippen LogP contribution in [0.15, 0.2) is 53.8 Å². The van der Waals surface area contributed by atoms with E-state index in [9.17, 15) is 25.2 Å². The summed E-state index contributed by atoms with van der Waals surface area (Å²) >= 11 is 0. The molecule has 5 unspecified atom stereocenters. The van der Waals surface area contributed by atoms with Crippen LogP contribution in [0, 0.1) is 12.5 Å². The van der Waals surface area contributed by atoms with Gasteiger partial charge in [0.15, 0.2) is 0 Å². The average Bonchev–Trinajstić information content (AvgIpc) is 2.81. The van der Waals surface area contributed by atoms with Crippen LogP contribution in [0.5, 0.6) is 5.75 Å². The van der Waals surface area contributed by atoms with Crippen molar-refractivity contribution in [2.45, 2.75) is 37.6 Å². The summed E-state index contributed by atoms with van der Waals surface area (Å²) in [6, 6.07) is 11.0. The van der Waals surface area contributed by atoms with Crippen LogP contribution in [0.25, 0.3) is 5.70 Å². The van der Waals surface area contributed by atoms with E-state index in [0.29, 0.717) is 22.6 Å². The van der Waals surface area contributed by atoms with Gasteiger partial charge in [-0.1, -0.05) is 12.1 Å². The zero-order valence-corrected chi connectivity index (χ0v) is 17.6. The summed E-state index contributed by atoms with van der Waals surface area (Å²) in [7, 11) is 0. The van der Waals surface area contributed by atoms with Crippen molar-refractivity contribution >= 4 is 17.4 Å². The van der Waals surface area contributed by atoms with Crippen LogP contribution in [0.2, 0.25) is 0 Å².